The van der Waals surface area contributed by atoms with Gasteiger partial charge >= 0.3 is 0 Å². The van der Waals surface area contributed by atoms with Crippen molar-refractivity contribution in [1.82, 2.24) is 20.4 Å². The molecule has 1 aromatic heterocycles. The van der Waals surface area contributed by atoms with Crippen LogP contribution >= 0.6 is 11.6 Å². The summed E-state index contributed by atoms with van der Waals surface area (Å²) in [7, 11) is 1.59. The number of methoxy groups -OCH3 is 1. The number of benzene rings is 1. The summed E-state index contributed by atoms with van der Waals surface area (Å²) < 4.78 is 19.9. The largest absolute Gasteiger partial charge is 0.484 e. The number of rotatable bonds is 4. The van der Waals surface area contributed by atoms with E-state index in [0.29, 0.717) is 33.8 Å². The Hall–Kier alpha value is -3.39. The van der Waals surface area contributed by atoms with Gasteiger partial charge in [0.15, 0.2) is 11.7 Å². The zero-order chi connectivity index (χ0) is 21.5. The van der Waals surface area contributed by atoms with Crippen molar-refractivity contribution in [3.63, 3.8) is 0 Å². The van der Waals surface area contributed by atoms with Gasteiger partial charge in [0.1, 0.15) is 17.7 Å². The van der Waals surface area contributed by atoms with E-state index in [9.17, 15) is 4.39 Å². The molecular formula is C22H20ClFN6O. The molecule has 31 heavy (non-hydrogen) atoms. The van der Waals surface area contributed by atoms with E-state index in [-0.39, 0.29) is 12.0 Å². The smallest absolute Gasteiger partial charge is 0.192 e. The van der Waals surface area contributed by atoms with Crippen LogP contribution in [0, 0.1) is 17.1 Å². The minimum Gasteiger partial charge on any atom is -0.484 e. The summed E-state index contributed by atoms with van der Waals surface area (Å²) in [5, 5.41) is 19.1. The fraction of sp³-hybridized carbons (Fsp3) is 0.227. The highest BCUT2D eigenvalue weighted by Crippen LogP contribution is 2.35. The second-order valence-electron chi connectivity index (χ2n) is 7.55. The van der Waals surface area contributed by atoms with Crippen LogP contribution in [-0.2, 0) is 4.74 Å². The Labute approximate surface area is 183 Å². The maximum atomic E-state index is 14.5. The molecule has 3 N–H and O–H groups in total. The highest BCUT2D eigenvalue weighted by Gasteiger charge is 2.32. The van der Waals surface area contributed by atoms with Gasteiger partial charge in [0.05, 0.1) is 19.0 Å². The van der Waals surface area contributed by atoms with E-state index in [1.54, 1.807) is 31.6 Å². The highest BCUT2D eigenvalue weighted by atomic mass is 35.5. The Balaban J connectivity index is 1.46. The zero-order valence-corrected chi connectivity index (χ0v) is 17.4. The van der Waals surface area contributed by atoms with Crippen molar-refractivity contribution in [3.05, 3.63) is 71.0 Å². The van der Waals surface area contributed by atoms with Crippen molar-refractivity contribution < 1.29 is 9.13 Å². The summed E-state index contributed by atoms with van der Waals surface area (Å²) in [4.78, 5) is 6.32. The average molecular weight is 439 g/mol. The number of halogens is 2. The maximum absolute atomic E-state index is 14.5. The molecule has 2 aromatic rings. The van der Waals surface area contributed by atoms with Crippen LogP contribution in [0.25, 0.3) is 16.8 Å². The van der Waals surface area contributed by atoms with Crippen molar-refractivity contribution in [3.8, 4) is 11.3 Å². The third-order valence-electron chi connectivity index (χ3n) is 5.46. The number of H-pyrrole nitrogens is 1. The van der Waals surface area contributed by atoms with E-state index in [1.165, 1.54) is 6.07 Å². The molecule has 1 aromatic carbocycles. The lowest BCUT2D eigenvalue weighted by atomic mass is 10.00. The zero-order valence-electron chi connectivity index (χ0n) is 16.7. The summed E-state index contributed by atoms with van der Waals surface area (Å²) in [6.45, 7) is 0. The molecule has 1 atom stereocenters. The van der Waals surface area contributed by atoms with E-state index < -0.39 is 5.82 Å². The molecule has 9 heteroatoms. The van der Waals surface area contributed by atoms with Gasteiger partial charge in [0.2, 0.25) is 0 Å². The van der Waals surface area contributed by atoms with Gasteiger partial charge in [0, 0.05) is 40.0 Å². The van der Waals surface area contributed by atoms with E-state index in [2.05, 4.69) is 20.5 Å². The molecule has 7 nitrogen and oxygen atoms in total. The Kier molecular flexibility index (Phi) is 4.86. The van der Waals surface area contributed by atoms with Crippen LogP contribution in [0.3, 0.4) is 0 Å². The molecule has 1 unspecified atom stereocenters. The molecule has 5 rings (SSSR count). The number of nitrogens with zero attached hydrogens (tertiary/aromatic N) is 3. The Morgan fingerprint density at radius 3 is 2.94 bits per heavy atom. The van der Waals surface area contributed by atoms with Crippen LogP contribution in [0.2, 0.25) is 5.02 Å². The van der Waals surface area contributed by atoms with Gasteiger partial charge in [-0.25, -0.2) is 4.39 Å². The molecule has 1 saturated carbocycles. The number of allylic oxidation sites excluding steroid dienone is 2. The summed E-state index contributed by atoms with van der Waals surface area (Å²) >= 11 is 5.90. The number of hydrogen-bond acceptors (Lipinski definition) is 5. The van der Waals surface area contributed by atoms with Crippen molar-refractivity contribution in [2.75, 3.05) is 7.11 Å². The summed E-state index contributed by atoms with van der Waals surface area (Å²) in [6, 6.07) is 4.55. The number of fused-ring (bicyclic) bond motifs is 1. The van der Waals surface area contributed by atoms with Crippen molar-refractivity contribution in [2.24, 2.45) is 10.9 Å². The second-order valence-corrected chi connectivity index (χ2v) is 7.99. The second kappa shape index (κ2) is 7.70. The summed E-state index contributed by atoms with van der Waals surface area (Å²) in [5.41, 5.74) is 3.15. The quantitative estimate of drug-likeness (QED) is 0.491. The third kappa shape index (κ3) is 3.63. The summed E-state index contributed by atoms with van der Waals surface area (Å²) in [5.74, 6) is 0.608. The number of aromatic nitrogens is 2. The summed E-state index contributed by atoms with van der Waals surface area (Å²) in [6.07, 6.45) is 11.2. The van der Waals surface area contributed by atoms with Crippen LogP contribution in [0.5, 0.6) is 0 Å². The SMILES string of the molecule is COC(=NC(=N)C1=CNC2C=CC(c3cn[nH]c3-c3ccc(Cl)cc3F)=CN12)C1CC1. The van der Waals surface area contributed by atoms with E-state index in [1.807, 2.05) is 23.3 Å². The minimum atomic E-state index is -0.428. The monoisotopic (exact) mass is 438 g/mol. The molecule has 2 aliphatic heterocycles. The van der Waals surface area contributed by atoms with Gasteiger partial charge in [-0.2, -0.15) is 10.1 Å². The van der Waals surface area contributed by atoms with Gasteiger partial charge in [-0.1, -0.05) is 17.7 Å². The highest BCUT2D eigenvalue weighted by molar-refractivity contribution is 6.30. The number of aromatic amines is 1. The Bertz CT molecular complexity index is 1180. The lowest BCUT2D eigenvalue weighted by Crippen LogP contribution is -2.34. The molecule has 0 spiro atoms. The van der Waals surface area contributed by atoms with Crippen molar-refractivity contribution in [1.29, 1.82) is 5.41 Å². The predicted molar refractivity (Wildman–Crippen MR) is 118 cm³/mol. The number of aliphatic imine (C=N–C) groups is 1. The van der Waals surface area contributed by atoms with E-state index >= 15 is 0 Å². The standard InChI is InChI=1S/C22H20ClFN6O/c1-31-22(12-2-3-12)28-21(25)18-10-26-19-7-4-13(11-30(18)19)16-9-27-29-20(16)15-6-5-14(23)8-17(15)24/h4-12,19,25-26H,2-3H2,1H3,(H,27,29). The fourth-order valence-corrected chi connectivity index (χ4v) is 3.87. The predicted octanol–water partition coefficient (Wildman–Crippen LogP) is 4.28. The Morgan fingerprint density at radius 2 is 2.19 bits per heavy atom. The van der Waals surface area contributed by atoms with Crippen molar-refractivity contribution >= 4 is 28.9 Å². The first-order chi connectivity index (χ1) is 15.0. The molecule has 158 valence electrons. The third-order valence-corrected chi connectivity index (χ3v) is 5.69. The minimum absolute atomic E-state index is 0.121. The topological polar surface area (TPSA) is 89.4 Å². The molecule has 0 amide bonds. The maximum Gasteiger partial charge on any atom is 0.192 e. The van der Waals surface area contributed by atoms with Gasteiger partial charge in [-0.3, -0.25) is 10.5 Å². The van der Waals surface area contributed by atoms with Crippen LogP contribution in [0.15, 0.2) is 59.6 Å². The molecule has 3 aliphatic rings. The van der Waals surface area contributed by atoms with Crippen LogP contribution in [-0.4, -0.2) is 40.1 Å². The molecule has 1 fully saturated rings. The molecule has 0 saturated heterocycles. The van der Waals surface area contributed by atoms with Gasteiger partial charge in [-0.15, -0.1) is 0 Å². The van der Waals surface area contributed by atoms with Crippen LogP contribution < -0.4 is 5.32 Å². The van der Waals surface area contributed by atoms with Crippen LogP contribution in [0.4, 0.5) is 4.39 Å². The first-order valence-electron chi connectivity index (χ1n) is 9.90. The lowest BCUT2D eigenvalue weighted by molar-refractivity contribution is 0.386. The average Bonchev–Trinajstić information content (AvgIpc) is 3.33. The first-order valence-corrected chi connectivity index (χ1v) is 10.3. The number of nitrogens with one attached hydrogen (secondary N) is 3. The molecule has 1 aliphatic carbocycles. The van der Waals surface area contributed by atoms with Gasteiger partial charge < -0.3 is 15.0 Å². The van der Waals surface area contributed by atoms with Gasteiger partial charge in [0.25, 0.3) is 0 Å². The normalized spacial score (nSPS) is 20.2. The van der Waals surface area contributed by atoms with Crippen molar-refractivity contribution in [2.45, 2.75) is 19.0 Å². The first kappa shape index (κ1) is 19.6. The molecule has 0 radical (unpaired) electrons. The molecule has 0 bridgehead atoms. The number of ether oxygens (including phenoxy) is 1. The van der Waals surface area contributed by atoms with Gasteiger partial charge in [-0.05, 0) is 37.1 Å². The lowest BCUT2D eigenvalue weighted by Gasteiger charge is -2.27. The molecular weight excluding hydrogens is 419 g/mol. The number of amidine groups is 1. The van der Waals surface area contributed by atoms with E-state index in [0.717, 1.165) is 24.0 Å². The fourth-order valence-electron chi connectivity index (χ4n) is 3.71. The molecule has 3 heterocycles. The van der Waals surface area contributed by atoms with E-state index in [4.69, 9.17) is 21.7 Å². The van der Waals surface area contributed by atoms with Crippen LogP contribution in [0.1, 0.15) is 18.4 Å². The Morgan fingerprint density at radius 1 is 1.35 bits per heavy atom. The number of hydrogen-bond donors (Lipinski definition) is 3.